The number of benzene rings is 1. The molecule has 1 N–H and O–H groups in total. The number of carbonyl (C=O) groups is 2. The molecule has 0 radical (unpaired) electrons. The first-order valence-corrected chi connectivity index (χ1v) is 10.3. The van der Waals surface area contributed by atoms with Crippen LogP contribution in [0.3, 0.4) is 0 Å². The van der Waals surface area contributed by atoms with Gasteiger partial charge in [0, 0.05) is 5.75 Å². The molecule has 0 saturated carbocycles. The van der Waals surface area contributed by atoms with E-state index in [9.17, 15) is 9.59 Å². The third-order valence-electron chi connectivity index (χ3n) is 4.24. The van der Waals surface area contributed by atoms with Gasteiger partial charge in [-0.3, -0.25) is 9.59 Å². The second-order valence-corrected chi connectivity index (χ2v) is 9.17. The molecule has 4 nitrogen and oxygen atoms in total. The first-order valence-electron chi connectivity index (χ1n) is 9.27. The van der Waals surface area contributed by atoms with Crippen LogP contribution in [0.1, 0.15) is 62.7 Å². The van der Waals surface area contributed by atoms with Crippen molar-refractivity contribution in [1.82, 2.24) is 5.32 Å². The minimum Gasteiger partial charge on any atom is -0.459 e. The highest BCUT2D eigenvalue weighted by Gasteiger charge is 2.24. The molecule has 0 aliphatic rings. The Kier molecular flexibility index (Phi) is 7.31. The minimum absolute atomic E-state index is 0.0245. The molecule has 2 rings (SSSR count). The monoisotopic (exact) mass is 387 g/mol. The van der Waals surface area contributed by atoms with Crippen molar-refractivity contribution >= 4 is 22.8 Å². The van der Waals surface area contributed by atoms with Gasteiger partial charge in [0.25, 0.3) is 5.91 Å². The summed E-state index contributed by atoms with van der Waals surface area (Å²) in [6.45, 7) is 10.6. The van der Waals surface area contributed by atoms with Crippen LogP contribution in [0.5, 0.6) is 0 Å². The van der Waals surface area contributed by atoms with Crippen LogP contribution < -0.4 is 5.32 Å². The lowest BCUT2D eigenvalue weighted by Crippen LogP contribution is -2.40. The number of carbonyl (C=O) groups excluding carboxylic acids is 2. The maximum Gasteiger partial charge on any atom is 0.287 e. The number of hydrogen-bond donors (Lipinski definition) is 1. The standard InChI is InChI=1S/C22H29NO3S/c1-15(2)13-18(23-20(24)19-7-6-12-26-19)21(25)27-14-16-8-10-17(11-9-16)22(3,4)5/h6-12,15,18H,13-14H2,1-5H3,(H,23,24)/t18-/m1/s1. The summed E-state index contributed by atoms with van der Waals surface area (Å²) in [6.07, 6.45) is 2.05. The van der Waals surface area contributed by atoms with E-state index in [-0.39, 0.29) is 22.2 Å². The van der Waals surface area contributed by atoms with Crippen LogP contribution >= 0.6 is 11.8 Å². The van der Waals surface area contributed by atoms with Crippen molar-refractivity contribution in [2.24, 2.45) is 5.92 Å². The lowest BCUT2D eigenvalue weighted by Gasteiger charge is -2.20. The zero-order valence-corrected chi connectivity index (χ0v) is 17.6. The summed E-state index contributed by atoms with van der Waals surface area (Å²) < 4.78 is 5.12. The van der Waals surface area contributed by atoms with Crippen LogP contribution in [0.2, 0.25) is 0 Å². The first-order chi connectivity index (χ1) is 12.7. The normalized spacial score (nSPS) is 12.8. The summed E-state index contributed by atoms with van der Waals surface area (Å²) in [6, 6.07) is 11.1. The largest absolute Gasteiger partial charge is 0.459 e. The van der Waals surface area contributed by atoms with Gasteiger partial charge < -0.3 is 9.73 Å². The molecule has 5 heteroatoms. The van der Waals surface area contributed by atoms with Gasteiger partial charge in [-0.25, -0.2) is 0 Å². The molecule has 0 aliphatic carbocycles. The van der Waals surface area contributed by atoms with Gasteiger partial charge in [-0.1, -0.05) is 70.6 Å². The zero-order valence-electron chi connectivity index (χ0n) is 16.7. The Hall–Kier alpha value is -2.01. The summed E-state index contributed by atoms with van der Waals surface area (Å²) in [7, 11) is 0. The van der Waals surface area contributed by atoms with E-state index in [0.29, 0.717) is 18.1 Å². The summed E-state index contributed by atoms with van der Waals surface area (Å²) >= 11 is 1.25. The van der Waals surface area contributed by atoms with Crippen molar-refractivity contribution in [3.05, 3.63) is 59.5 Å². The Labute approximate surface area is 166 Å². The van der Waals surface area contributed by atoms with Crippen LogP contribution in [0.25, 0.3) is 0 Å². The SMILES string of the molecule is CC(C)C[C@@H](NC(=O)c1ccco1)C(=O)SCc1ccc(C(C)(C)C)cc1. The van der Waals surface area contributed by atoms with Crippen molar-refractivity contribution in [2.45, 2.75) is 58.2 Å². The van der Waals surface area contributed by atoms with Crippen molar-refractivity contribution < 1.29 is 14.0 Å². The van der Waals surface area contributed by atoms with Gasteiger partial charge in [0.05, 0.1) is 12.3 Å². The molecule has 0 aliphatic heterocycles. The maximum absolute atomic E-state index is 12.7. The third-order valence-corrected chi connectivity index (χ3v) is 5.29. The van der Waals surface area contributed by atoms with Crippen molar-refractivity contribution in [3.8, 4) is 0 Å². The summed E-state index contributed by atoms with van der Waals surface area (Å²) in [4.78, 5) is 24.9. The van der Waals surface area contributed by atoms with E-state index in [4.69, 9.17) is 4.42 Å². The van der Waals surface area contributed by atoms with E-state index >= 15 is 0 Å². The second-order valence-electron chi connectivity index (χ2n) is 8.19. The van der Waals surface area contributed by atoms with E-state index in [1.807, 2.05) is 13.8 Å². The molecule has 1 aromatic heterocycles. The molecule has 0 unspecified atom stereocenters. The highest BCUT2D eigenvalue weighted by atomic mass is 32.2. The van der Waals surface area contributed by atoms with Crippen LogP contribution in [-0.4, -0.2) is 17.1 Å². The van der Waals surface area contributed by atoms with Crippen molar-refractivity contribution in [2.75, 3.05) is 0 Å². The number of rotatable bonds is 7. The molecule has 1 atom stereocenters. The molecule has 0 bridgehead atoms. The predicted molar refractivity (Wildman–Crippen MR) is 111 cm³/mol. The third kappa shape index (κ3) is 6.58. The molecule has 146 valence electrons. The fourth-order valence-electron chi connectivity index (χ4n) is 2.68. The van der Waals surface area contributed by atoms with E-state index in [2.05, 4.69) is 50.4 Å². The average molecular weight is 388 g/mol. The van der Waals surface area contributed by atoms with Gasteiger partial charge >= 0.3 is 0 Å². The Morgan fingerprint density at radius 1 is 1.11 bits per heavy atom. The highest BCUT2D eigenvalue weighted by Crippen LogP contribution is 2.24. The van der Waals surface area contributed by atoms with Crippen molar-refractivity contribution in [1.29, 1.82) is 0 Å². The summed E-state index contributed by atoms with van der Waals surface area (Å²) in [5.41, 5.74) is 2.48. The number of nitrogens with one attached hydrogen (secondary N) is 1. The Morgan fingerprint density at radius 3 is 2.30 bits per heavy atom. The van der Waals surface area contributed by atoms with Gasteiger partial charge in [0.2, 0.25) is 5.12 Å². The van der Waals surface area contributed by atoms with Gasteiger partial charge in [0.1, 0.15) is 0 Å². The fourth-order valence-corrected chi connectivity index (χ4v) is 3.54. The van der Waals surface area contributed by atoms with Crippen LogP contribution in [0, 0.1) is 5.92 Å². The molecule has 1 heterocycles. The predicted octanol–water partition coefficient (Wildman–Crippen LogP) is 5.18. The lowest BCUT2D eigenvalue weighted by molar-refractivity contribution is -0.113. The van der Waals surface area contributed by atoms with E-state index in [1.165, 1.54) is 23.6 Å². The molecule has 0 spiro atoms. The summed E-state index contributed by atoms with van der Waals surface area (Å²) in [5.74, 6) is 0.755. The number of hydrogen-bond acceptors (Lipinski definition) is 4. The van der Waals surface area contributed by atoms with Crippen molar-refractivity contribution in [3.63, 3.8) is 0 Å². The number of furan rings is 1. The Morgan fingerprint density at radius 2 is 1.78 bits per heavy atom. The maximum atomic E-state index is 12.7. The van der Waals surface area contributed by atoms with Gasteiger partial charge in [-0.15, -0.1) is 0 Å². The highest BCUT2D eigenvalue weighted by molar-refractivity contribution is 8.13. The second kappa shape index (κ2) is 9.27. The number of thioether (sulfide) groups is 1. The molecule has 27 heavy (non-hydrogen) atoms. The van der Waals surface area contributed by atoms with E-state index < -0.39 is 6.04 Å². The van der Waals surface area contributed by atoms with E-state index in [1.54, 1.807) is 12.1 Å². The summed E-state index contributed by atoms with van der Waals surface area (Å²) in [5, 5.41) is 2.79. The number of amides is 1. The molecule has 1 aromatic carbocycles. The fraction of sp³-hybridized carbons (Fsp3) is 0.455. The topological polar surface area (TPSA) is 59.3 Å². The molecular formula is C22H29NO3S. The molecule has 2 aromatic rings. The van der Waals surface area contributed by atoms with Crippen LogP contribution in [0.4, 0.5) is 0 Å². The minimum atomic E-state index is -0.526. The van der Waals surface area contributed by atoms with Crippen LogP contribution in [0.15, 0.2) is 47.1 Å². The zero-order chi connectivity index (χ0) is 20.0. The Bertz CT molecular complexity index is 743. The Balaban J connectivity index is 1.97. The van der Waals surface area contributed by atoms with Gasteiger partial charge in [-0.2, -0.15) is 0 Å². The average Bonchev–Trinajstić information content (AvgIpc) is 3.13. The lowest BCUT2D eigenvalue weighted by atomic mass is 9.87. The van der Waals surface area contributed by atoms with Gasteiger partial charge in [-0.05, 0) is 41.0 Å². The molecule has 0 fully saturated rings. The quantitative estimate of drug-likeness (QED) is 0.711. The smallest absolute Gasteiger partial charge is 0.287 e. The molecule has 1 amide bonds. The first kappa shape index (κ1) is 21.3. The van der Waals surface area contributed by atoms with Gasteiger partial charge in [0.15, 0.2) is 5.76 Å². The molecular weight excluding hydrogens is 358 g/mol. The van der Waals surface area contributed by atoms with E-state index in [0.717, 1.165) is 5.56 Å². The van der Waals surface area contributed by atoms with Crippen LogP contribution in [-0.2, 0) is 16.0 Å². The molecule has 0 saturated heterocycles.